The first-order valence-electron chi connectivity index (χ1n) is 6.35. The Morgan fingerprint density at radius 3 is 2.73 bits per heavy atom. The van der Waals surface area contributed by atoms with Gasteiger partial charge in [-0.3, -0.25) is 4.90 Å². The van der Waals surface area contributed by atoms with Crippen LogP contribution in [0.1, 0.15) is 39.5 Å². The second kappa shape index (κ2) is 4.40. The summed E-state index contributed by atoms with van der Waals surface area (Å²) in [5.41, 5.74) is -0.441. The molecule has 0 aromatic rings. The molecule has 2 unspecified atom stereocenters. The number of β-amino-alcohol motifs (C(OH)–C–C–N with tert-alkyl or cyclic N) is 1. The molecular weight excluding hydrogens is 188 g/mol. The predicted molar refractivity (Wildman–Crippen MR) is 61.9 cm³/mol. The normalized spacial score (nSPS) is 33.4. The van der Waals surface area contributed by atoms with Gasteiger partial charge in [-0.25, -0.2) is 0 Å². The predicted octanol–water partition coefficient (Wildman–Crippen LogP) is 0.974. The van der Waals surface area contributed by atoms with Crippen LogP contribution in [0, 0.1) is 0 Å². The lowest BCUT2D eigenvalue weighted by molar-refractivity contribution is -0.137. The standard InChI is InChI=1S/C12H24N2O/c1-3-10(2)14-8-12(15,9-14)11-6-4-5-7-13-11/h10-11,13,15H,3-9H2,1-2H3. The van der Waals surface area contributed by atoms with Crippen molar-refractivity contribution in [3.63, 3.8) is 0 Å². The van der Waals surface area contributed by atoms with Crippen molar-refractivity contribution in [3.8, 4) is 0 Å². The summed E-state index contributed by atoms with van der Waals surface area (Å²) < 4.78 is 0. The SMILES string of the molecule is CCC(C)N1CC(O)(C2CCCCN2)C1. The molecule has 0 spiro atoms. The molecule has 0 saturated carbocycles. The molecule has 2 fully saturated rings. The summed E-state index contributed by atoms with van der Waals surface area (Å²) in [4.78, 5) is 2.39. The van der Waals surface area contributed by atoms with E-state index in [-0.39, 0.29) is 0 Å². The van der Waals surface area contributed by atoms with Gasteiger partial charge in [0, 0.05) is 25.2 Å². The van der Waals surface area contributed by atoms with Crippen molar-refractivity contribution >= 4 is 0 Å². The molecule has 3 heteroatoms. The van der Waals surface area contributed by atoms with E-state index in [0.29, 0.717) is 12.1 Å². The fourth-order valence-corrected chi connectivity index (χ4v) is 2.76. The first-order chi connectivity index (χ1) is 7.15. The van der Waals surface area contributed by atoms with Crippen LogP contribution in [0.5, 0.6) is 0 Å². The van der Waals surface area contributed by atoms with Gasteiger partial charge in [0.05, 0.1) is 0 Å². The van der Waals surface area contributed by atoms with Gasteiger partial charge < -0.3 is 10.4 Å². The highest BCUT2D eigenvalue weighted by molar-refractivity contribution is 5.05. The Morgan fingerprint density at radius 1 is 1.47 bits per heavy atom. The first kappa shape index (κ1) is 11.4. The van der Waals surface area contributed by atoms with E-state index >= 15 is 0 Å². The van der Waals surface area contributed by atoms with Gasteiger partial charge in [-0.05, 0) is 32.7 Å². The van der Waals surface area contributed by atoms with Crippen LogP contribution in [0.2, 0.25) is 0 Å². The van der Waals surface area contributed by atoms with Crippen LogP contribution in [-0.2, 0) is 0 Å². The molecule has 2 atom stereocenters. The Kier molecular flexibility index (Phi) is 3.33. The number of piperidine rings is 1. The van der Waals surface area contributed by atoms with E-state index < -0.39 is 5.60 Å². The summed E-state index contributed by atoms with van der Waals surface area (Å²) in [5, 5.41) is 13.9. The fraction of sp³-hybridized carbons (Fsp3) is 1.00. The quantitative estimate of drug-likeness (QED) is 0.732. The van der Waals surface area contributed by atoms with E-state index in [9.17, 15) is 5.11 Å². The smallest absolute Gasteiger partial charge is 0.105 e. The van der Waals surface area contributed by atoms with Gasteiger partial charge in [-0.15, -0.1) is 0 Å². The van der Waals surface area contributed by atoms with Crippen LogP contribution in [0.3, 0.4) is 0 Å². The molecule has 2 rings (SSSR count). The lowest BCUT2D eigenvalue weighted by Gasteiger charge is -2.53. The van der Waals surface area contributed by atoms with Crippen LogP contribution < -0.4 is 5.32 Å². The second-order valence-electron chi connectivity index (χ2n) is 5.27. The molecule has 0 amide bonds. The Morgan fingerprint density at radius 2 is 2.20 bits per heavy atom. The highest BCUT2D eigenvalue weighted by Crippen LogP contribution is 2.30. The minimum atomic E-state index is -0.441. The minimum absolute atomic E-state index is 0.339. The third-order valence-corrected chi connectivity index (χ3v) is 4.13. The number of nitrogens with zero attached hydrogens (tertiary/aromatic N) is 1. The van der Waals surface area contributed by atoms with Gasteiger partial charge >= 0.3 is 0 Å². The third kappa shape index (κ3) is 2.19. The van der Waals surface area contributed by atoms with E-state index in [0.717, 1.165) is 26.1 Å². The fourth-order valence-electron chi connectivity index (χ4n) is 2.76. The van der Waals surface area contributed by atoms with E-state index in [2.05, 4.69) is 24.1 Å². The molecule has 0 aromatic heterocycles. The minimum Gasteiger partial charge on any atom is -0.386 e. The summed E-state index contributed by atoms with van der Waals surface area (Å²) in [6.45, 7) is 7.25. The largest absolute Gasteiger partial charge is 0.386 e. The number of hydrogen-bond donors (Lipinski definition) is 2. The van der Waals surface area contributed by atoms with Crippen molar-refractivity contribution in [2.24, 2.45) is 0 Å². The molecule has 2 saturated heterocycles. The van der Waals surface area contributed by atoms with Crippen molar-refractivity contribution in [2.45, 2.75) is 57.2 Å². The summed E-state index contributed by atoms with van der Waals surface area (Å²) in [5.74, 6) is 0. The van der Waals surface area contributed by atoms with Crippen molar-refractivity contribution < 1.29 is 5.11 Å². The van der Waals surface area contributed by atoms with Gasteiger partial charge in [0.25, 0.3) is 0 Å². The van der Waals surface area contributed by atoms with Crippen LogP contribution >= 0.6 is 0 Å². The highest BCUT2D eigenvalue weighted by atomic mass is 16.3. The monoisotopic (exact) mass is 212 g/mol. The Bertz CT molecular complexity index is 208. The molecule has 2 N–H and O–H groups in total. The number of likely N-dealkylation sites (tertiary alicyclic amines) is 1. The van der Waals surface area contributed by atoms with Gasteiger partial charge in [-0.1, -0.05) is 13.3 Å². The highest BCUT2D eigenvalue weighted by Gasteiger charge is 2.48. The average Bonchev–Trinajstić information content (AvgIpc) is 2.25. The lowest BCUT2D eigenvalue weighted by Crippen LogP contribution is -2.72. The van der Waals surface area contributed by atoms with Gasteiger partial charge in [0.2, 0.25) is 0 Å². The van der Waals surface area contributed by atoms with Crippen molar-refractivity contribution in [1.29, 1.82) is 0 Å². The molecule has 2 heterocycles. The van der Waals surface area contributed by atoms with Gasteiger partial charge in [-0.2, -0.15) is 0 Å². The Hall–Kier alpha value is -0.120. The molecular formula is C12H24N2O. The van der Waals surface area contributed by atoms with Crippen LogP contribution in [0.25, 0.3) is 0 Å². The number of aliphatic hydroxyl groups is 1. The summed E-state index contributed by atoms with van der Waals surface area (Å²) in [6, 6.07) is 0.959. The third-order valence-electron chi connectivity index (χ3n) is 4.13. The zero-order valence-electron chi connectivity index (χ0n) is 10.00. The van der Waals surface area contributed by atoms with E-state index in [1.807, 2.05) is 0 Å². The van der Waals surface area contributed by atoms with Gasteiger partial charge in [0.1, 0.15) is 5.60 Å². The summed E-state index contributed by atoms with van der Waals surface area (Å²) in [6.07, 6.45) is 4.85. The maximum Gasteiger partial charge on any atom is 0.105 e. The molecule has 2 aliphatic heterocycles. The topological polar surface area (TPSA) is 35.5 Å². The second-order valence-corrected chi connectivity index (χ2v) is 5.27. The Labute approximate surface area is 92.8 Å². The van der Waals surface area contributed by atoms with Crippen molar-refractivity contribution in [1.82, 2.24) is 10.2 Å². The Balaban J connectivity index is 1.84. The molecule has 0 aromatic carbocycles. The van der Waals surface area contributed by atoms with Crippen molar-refractivity contribution in [2.75, 3.05) is 19.6 Å². The number of nitrogens with one attached hydrogen (secondary N) is 1. The van der Waals surface area contributed by atoms with Gasteiger partial charge in [0.15, 0.2) is 0 Å². The summed E-state index contributed by atoms with van der Waals surface area (Å²) in [7, 11) is 0. The molecule has 15 heavy (non-hydrogen) atoms. The zero-order chi connectivity index (χ0) is 10.9. The average molecular weight is 212 g/mol. The zero-order valence-corrected chi connectivity index (χ0v) is 10.00. The molecule has 0 aliphatic carbocycles. The maximum absolute atomic E-state index is 10.4. The van der Waals surface area contributed by atoms with E-state index in [4.69, 9.17) is 0 Å². The van der Waals surface area contributed by atoms with E-state index in [1.54, 1.807) is 0 Å². The molecule has 2 aliphatic rings. The molecule has 0 radical (unpaired) electrons. The van der Waals surface area contributed by atoms with Crippen LogP contribution in [-0.4, -0.2) is 47.3 Å². The maximum atomic E-state index is 10.4. The lowest BCUT2D eigenvalue weighted by atomic mass is 9.81. The first-order valence-corrected chi connectivity index (χ1v) is 6.35. The summed E-state index contributed by atoms with van der Waals surface area (Å²) >= 11 is 0. The van der Waals surface area contributed by atoms with E-state index in [1.165, 1.54) is 19.3 Å². The number of hydrogen-bond acceptors (Lipinski definition) is 3. The number of rotatable bonds is 3. The molecule has 0 bridgehead atoms. The molecule has 3 nitrogen and oxygen atoms in total. The van der Waals surface area contributed by atoms with Crippen LogP contribution in [0.4, 0.5) is 0 Å². The van der Waals surface area contributed by atoms with Crippen LogP contribution in [0.15, 0.2) is 0 Å². The van der Waals surface area contributed by atoms with Crippen molar-refractivity contribution in [3.05, 3.63) is 0 Å². The molecule has 88 valence electrons.